The molecule has 1 aliphatic carbocycles. The van der Waals surface area contributed by atoms with Gasteiger partial charge in [-0.05, 0) is 12.3 Å². The summed E-state index contributed by atoms with van der Waals surface area (Å²) in [5.41, 5.74) is 0. The first-order valence-corrected chi connectivity index (χ1v) is 3.03. The SMILES string of the molecule is CC1CC1Cl.O=C(O)O. The Hall–Kier alpha value is -0.440. The molecule has 0 spiro atoms. The highest BCUT2D eigenvalue weighted by Crippen LogP contribution is 2.34. The third kappa shape index (κ3) is 7.56. The second-order valence-corrected chi connectivity index (χ2v) is 2.57. The lowest BCUT2D eigenvalue weighted by Gasteiger charge is -1.64. The summed E-state index contributed by atoms with van der Waals surface area (Å²) in [4.78, 5) is 8.56. The highest BCUT2D eigenvalue weighted by Gasteiger charge is 2.29. The van der Waals surface area contributed by atoms with E-state index in [1.54, 1.807) is 0 Å². The number of rotatable bonds is 0. The summed E-state index contributed by atoms with van der Waals surface area (Å²) in [5, 5.41) is 14.5. The van der Waals surface area contributed by atoms with Crippen LogP contribution in [0.15, 0.2) is 0 Å². The third-order valence-corrected chi connectivity index (χ3v) is 1.62. The predicted molar refractivity (Wildman–Crippen MR) is 34.1 cm³/mol. The summed E-state index contributed by atoms with van der Waals surface area (Å²) in [7, 11) is 0. The molecule has 0 saturated heterocycles. The molecular formula is C5H9ClO3. The monoisotopic (exact) mass is 152 g/mol. The molecule has 1 rings (SSSR count). The van der Waals surface area contributed by atoms with Crippen LogP contribution in [0.25, 0.3) is 0 Å². The average molecular weight is 153 g/mol. The maximum atomic E-state index is 8.56. The molecule has 54 valence electrons. The molecule has 2 atom stereocenters. The van der Waals surface area contributed by atoms with Crippen LogP contribution >= 0.6 is 11.6 Å². The van der Waals surface area contributed by atoms with E-state index in [0.717, 1.165) is 5.92 Å². The zero-order valence-electron chi connectivity index (χ0n) is 5.04. The van der Waals surface area contributed by atoms with Crippen LogP contribution in [-0.2, 0) is 0 Å². The molecule has 3 nitrogen and oxygen atoms in total. The van der Waals surface area contributed by atoms with E-state index in [1.165, 1.54) is 6.42 Å². The Morgan fingerprint density at radius 3 is 1.78 bits per heavy atom. The van der Waals surface area contributed by atoms with Gasteiger partial charge in [0.15, 0.2) is 0 Å². The van der Waals surface area contributed by atoms with E-state index in [-0.39, 0.29) is 0 Å². The van der Waals surface area contributed by atoms with E-state index in [1.807, 2.05) is 0 Å². The molecule has 2 N–H and O–H groups in total. The minimum Gasteiger partial charge on any atom is -0.450 e. The van der Waals surface area contributed by atoms with Gasteiger partial charge in [-0.25, -0.2) is 4.79 Å². The van der Waals surface area contributed by atoms with E-state index in [2.05, 4.69) is 6.92 Å². The van der Waals surface area contributed by atoms with E-state index in [9.17, 15) is 0 Å². The van der Waals surface area contributed by atoms with Gasteiger partial charge in [0, 0.05) is 5.38 Å². The highest BCUT2D eigenvalue weighted by molar-refractivity contribution is 6.22. The van der Waals surface area contributed by atoms with E-state index < -0.39 is 6.16 Å². The van der Waals surface area contributed by atoms with Crippen molar-refractivity contribution >= 4 is 17.8 Å². The van der Waals surface area contributed by atoms with Crippen LogP contribution < -0.4 is 0 Å². The summed E-state index contributed by atoms with van der Waals surface area (Å²) in [6.45, 7) is 2.16. The zero-order valence-corrected chi connectivity index (χ0v) is 5.80. The van der Waals surface area contributed by atoms with Crippen molar-refractivity contribution in [3.8, 4) is 0 Å². The first kappa shape index (κ1) is 8.56. The van der Waals surface area contributed by atoms with Crippen molar-refractivity contribution in [2.24, 2.45) is 5.92 Å². The van der Waals surface area contributed by atoms with E-state index in [4.69, 9.17) is 26.6 Å². The fourth-order valence-corrected chi connectivity index (χ4v) is 0.558. The fourth-order valence-electron chi connectivity index (χ4n) is 0.277. The smallest absolute Gasteiger partial charge is 0.450 e. The summed E-state index contributed by atoms with van der Waals surface area (Å²) < 4.78 is 0. The van der Waals surface area contributed by atoms with Crippen molar-refractivity contribution in [1.82, 2.24) is 0 Å². The molecule has 0 aromatic carbocycles. The molecule has 0 amide bonds. The quantitative estimate of drug-likeness (QED) is 0.521. The van der Waals surface area contributed by atoms with Crippen molar-refractivity contribution in [2.75, 3.05) is 0 Å². The lowest BCUT2D eigenvalue weighted by molar-refractivity contribution is 0.137. The second-order valence-electron chi connectivity index (χ2n) is 2.01. The van der Waals surface area contributed by atoms with Gasteiger partial charge in [-0.3, -0.25) is 0 Å². The normalized spacial score (nSPS) is 30.0. The lowest BCUT2D eigenvalue weighted by Crippen LogP contribution is -1.81. The molecule has 2 unspecified atom stereocenters. The fraction of sp³-hybridized carbons (Fsp3) is 0.800. The zero-order chi connectivity index (χ0) is 7.44. The number of carbonyl (C=O) groups is 1. The van der Waals surface area contributed by atoms with Crippen molar-refractivity contribution in [3.05, 3.63) is 0 Å². The lowest BCUT2D eigenvalue weighted by atomic mass is 10.5. The van der Waals surface area contributed by atoms with Crippen molar-refractivity contribution < 1.29 is 15.0 Å². The molecule has 0 aromatic rings. The minimum absolute atomic E-state index is 0.523. The molecule has 0 heterocycles. The van der Waals surface area contributed by atoms with Crippen LogP contribution in [0.1, 0.15) is 13.3 Å². The van der Waals surface area contributed by atoms with Crippen molar-refractivity contribution in [2.45, 2.75) is 18.7 Å². The molecular weight excluding hydrogens is 144 g/mol. The third-order valence-electron chi connectivity index (χ3n) is 1.01. The topological polar surface area (TPSA) is 57.5 Å². The largest absolute Gasteiger partial charge is 0.503 e. The number of halogens is 1. The molecule has 1 fully saturated rings. The van der Waals surface area contributed by atoms with Gasteiger partial charge in [0.2, 0.25) is 0 Å². The summed E-state index contributed by atoms with van der Waals surface area (Å²) in [6, 6.07) is 0. The molecule has 0 radical (unpaired) electrons. The van der Waals surface area contributed by atoms with Gasteiger partial charge < -0.3 is 10.2 Å². The van der Waals surface area contributed by atoms with Crippen LogP contribution in [0.4, 0.5) is 4.79 Å². The van der Waals surface area contributed by atoms with Gasteiger partial charge in [0.25, 0.3) is 0 Å². The maximum Gasteiger partial charge on any atom is 0.503 e. The highest BCUT2D eigenvalue weighted by atomic mass is 35.5. The van der Waals surface area contributed by atoms with Gasteiger partial charge >= 0.3 is 6.16 Å². The van der Waals surface area contributed by atoms with Crippen LogP contribution in [0.2, 0.25) is 0 Å². The molecule has 1 aliphatic rings. The molecule has 1 saturated carbocycles. The van der Waals surface area contributed by atoms with Crippen molar-refractivity contribution in [1.29, 1.82) is 0 Å². The van der Waals surface area contributed by atoms with E-state index in [0.29, 0.717) is 5.38 Å². The molecule has 9 heavy (non-hydrogen) atoms. The van der Waals surface area contributed by atoms with Gasteiger partial charge in [-0.1, -0.05) is 6.92 Å². The summed E-state index contributed by atoms with van der Waals surface area (Å²) in [5.74, 6) is 0.816. The second kappa shape index (κ2) is 3.56. The van der Waals surface area contributed by atoms with Gasteiger partial charge in [0.1, 0.15) is 0 Å². The Kier molecular flexibility index (Phi) is 3.39. The predicted octanol–water partition coefficient (Wildman–Crippen LogP) is 1.86. The van der Waals surface area contributed by atoms with E-state index >= 15 is 0 Å². The van der Waals surface area contributed by atoms with Crippen LogP contribution in [0.5, 0.6) is 0 Å². The standard InChI is InChI=1S/C4H7Cl.CH2O3/c1-3-2-4(3)5;2-1(3)4/h3-4H,2H2,1H3;(H2,2,3,4). The molecule has 0 bridgehead atoms. The number of carboxylic acid groups (broad SMARTS) is 2. The first-order valence-electron chi connectivity index (χ1n) is 2.60. The Balaban J connectivity index is 0.000000148. The minimum atomic E-state index is -1.83. The number of hydrogen-bond acceptors (Lipinski definition) is 1. The van der Waals surface area contributed by atoms with Gasteiger partial charge in [0.05, 0.1) is 0 Å². The molecule has 0 aromatic heterocycles. The van der Waals surface area contributed by atoms with Gasteiger partial charge in [-0.2, -0.15) is 0 Å². The Morgan fingerprint density at radius 1 is 1.67 bits per heavy atom. The number of hydrogen-bond donors (Lipinski definition) is 2. The van der Waals surface area contributed by atoms with Crippen LogP contribution in [-0.4, -0.2) is 21.7 Å². The molecule has 0 aliphatic heterocycles. The Bertz CT molecular complexity index is 94.4. The van der Waals surface area contributed by atoms with Crippen molar-refractivity contribution in [3.63, 3.8) is 0 Å². The summed E-state index contributed by atoms with van der Waals surface area (Å²) >= 11 is 5.54. The maximum absolute atomic E-state index is 8.56. The number of alkyl halides is 1. The Morgan fingerprint density at radius 2 is 1.78 bits per heavy atom. The Labute approximate surface area is 58.3 Å². The van der Waals surface area contributed by atoms with Crippen LogP contribution in [0.3, 0.4) is 0 Å². The average Bonchev–Trinajstić information content (AvgIpc) is 2.16. The first-order chi connectivity index (χ1) is 4.04. The molecule has 4 heteroatoms. The van der Waals surface area contributed by atoms with Gasteiger partial charge in [-0.15, -0.1) is 11.6 Å². The summed E-state index contributed by atoms with van der Waals surface area (Å²) in [6.07, 6.45) is -0.596. The van der Waals surface area contributed by atoms with Crippen LogP contribution in [0, 0.1) is 5.92 Å².